The molecule has 3 rings (SSSR count). The van der Waals surface area contributed by atoms with Gasteiger partial charge >= 0.3 is 12.8 Å². The van der Waals surface area contributed by atoms with Crippen LogP contribution in [-0.4, -0.2) is 42.6 Å². The molecule has 0 spiro atoms. The van der Waals surface area contributed by atoms with E-state index in [1.807, 2.05) is 0 Å². The second-order valence-corrected chi connectivity index (χ2v) is 7.24. The number of pyridine rings is 1. The fraction of sp³-hybridized carbons (Fsp3) is 0.474. The van der Waals surface area contributed by atoms with Crippen molar-refractivity contribution in [1.82, 2.24) is 15.6 Å². The number of fused-ring (bicyclic) bond motifs is 1. The number of amides is 1. The van der Waals surface area contributed by atoms with Gasteiger partial charge in [0.2, 0.25) is 0 Å². The van der Waals surface area contributed by atoms with Crippen LogP contribution in [0.2, 0.25) is 0 Å². The molecule has 1 aromatic heterocycles. The molecule has 0 bridgehead atoms. The molecule has 1 aromatic carbocycles. The predicted octanol–water partition coefficient (Wildman–Crippen LogP) is 4.28. The highest BCUT2D eigenvalue weighted by atomic mass is 19.4. The van der Waals surface area contributed by atoms with Gasteiger partial charge in [-0.2, -0.15) is 22.0 Å². The van der Waals surface area contributed by atoms with E-state index in [4.69, 9.17) is 0 Å². The first kappa shape index (κ1) is 23.0. The first-order chi connectivity index (χ1) is 14.4. The number of rotatable bonds is 5. The SMILES string of the molecule is Cc1cc(C(=O)NCC2CC(F)(F)CCN2)nc2c(C(F)(F)F)cc(OC(F)F)cc12. The van der Waals surface area contributed by atoms with Crippen LogP contribution in [0.4, 0.5) is 30.7 Å². The summed E-state index contributed by atoms with van der Waals surface area (Å²) in [7, 11) is 0. The van der Waals surface area contributed by atoms with E-state index >= 15 is 0 Å². The summed E-state index contributed by atoms with van der Waals surface area (Å²) >= 11 is 0. The van der Waals surface area contributed by atoms with Gasteiger partial charge in [-0.3, -0.25) is 4.79 Å². The summed E-state index contributed by atoms with van der Waals surface area (Å²) in [6.07, 6.45) is -5.76. The molecular weight excluding hydrogens is 435 g/mol. The molecule has 12 heteroatoms. The molecule has 1 atom stereocenters. The summed E-state index contributed by atoms with van der Waals surface area (Å²) in [5.74, 6) is -4.40. The molecule has 2 aromatic rings. The van der Waals surface area contributed by atoms with Crippen LogP contribution < -0.4 is 15.4 Å². The highest BCUT2D eigenvalue weighted by Gasteiger charge is 2.37. The molecule has 1 amide bonds. The van der Waals surface area contributed by atoms with Crippen molar-refractivity contribution >= 4 is 16.8 Å². The van der Waals surface area contributed by atoms with Crippen molar-refractivity contribution in [3.63, 3.8) is 0 Å². The van der Waals surface area contributed by atoms with Crippen LogP contribution in [0.5, 0.6) is 5.75 Å². The van der Waals surface area contributed by atoms with Crippen LogP contribution in [-0.2, 0) is 6.18 Å². The lowest BCUT2D eigenvalue weighted by Crippen LogP contribution is -2.49. The zero-order chi connectivity index (χ0) is 23.0. The molecule has 5 nitrogen and oxygen atoms in total. The van der Waals surface area contributed by atoms with E-state index in [0.717, 1.165) is 6.07 Å². The van der Waals surface area contributed by atoms with E-state index in [9.17, 15) is 35.5 Å². The number of halogens is 7. The Balaban J connectivity index is 1.90. The molecule has 1 unspecified atom stereocenters. The molecule has 31 heavy (non-hydrogen) atoms. The molecule has 1 aliphatic rings. The maximum Gasteiger partial charge on any atom is 0.418 e. The minimum absolute atomic E-state index is 0.0683. The quantitative estimate of drug-likeness (QED) is 0.664. The number of carbonyl (C=O) groups excluding carboxylic acids is 1. The number of hydrogen-bond donors (Lipinski definition) is 2. The third-order valence-corrected chi connectivity index (χ3v) is 4.83. The van der Waals surface area contributed by atoms with E-state index in [1.54, 1.807) is 0 Å². The molecule has 0 radical (unpaired) electrons. The van der Waals surface area contributed by atoms with Gasteiger partial charge in [0.25, 0.3) is 11.8 Å². The minimum Gasteiger partial charge on any atom is -0.435 e. The molecule has 2 heterocycles. The maximum atomic E-state index is 13.5. The van der Waals surface area contributed by atoms with Gasteiger partial charge < -0.3 is 15.4 Å². The largest absolute Gasteiger partial charge is 0.435 e. The number of nitrogens with zero attached hydrogens (tertiary/aromatic N) is 1. The molecule has 0 aliphatic carbocycles. The van der Waals surface area contributed by atoms with E-state index in [0.29, 0.717) is 6.07 Å². The molecule has 1 aliphatic heterocycles. The fourth-order valence-corrected chi connectivity index (χ4v) is 3.41. The number of piperidine rings is 1. The third kappa shape index (κ3) is 5.54. The van der Waals surface area contributed by atoms with Crippen molar-refractivity contribution in [3.05, 3.63) is 35.0 Å². The van der Waals surface area contributed by atoms with E-state index in [-0.39, 0.29) is 36.2 Å². The van der Waals surface area contributed by atoms with E-state index in [1.165, 1.54) is 13.0 Å². The lowest BCUT2D eigenvalue weighted by atomic mass is 10.0. The lowest BCUT2D eigenvalue weighted by molar-refractivity contribution is -0.136. The Morgan fingerprint density at radius 2 is 2.03 bits per heavy atom. The summed E-state index contributed by atoms with van der Waals surface area (Å²) in [6.45, 7) is -2.03. The van der Waals surface area contributed by atoms with Crippen molar-refractivity contribution < 1.29 is 40.3 Å². The van der Waals surface area contributed by atoms with Crippen molar-refractivity contribution in [2.45, 2.75) is 44.5 Å². The summed E-state index contributed by atoms with van der Waals surface area (Å²) < 4.78 is 96.5. The van der Waals surface area contributed by atoms with Gasteiger partial charge in [-0.25, -0.2) is 13.8 Å². The monoisotopic (exact) mass is 453 g/mol. The second-order valence-electron chi connectivity index (χ2n) is 7.24. The Kier molecular flexibility index (Phi) is 6.30. The zero-order valence-corrected chi connectivity index (χ0v) is 16.1. The Bertz CT molecular complexity index is 979. The topological polar surface area (TPSA) is 63.2 Å². The number of alkyl halides is 7. The smallest absolute Gasteiger partial charge is 0.418 e. The van der Waals surface area contributed by atoms with Crippen LogP contribution in [0.3, 0.4) is 0 Å². The highest BCUT2D eigenvalue weighted by Crippen LogP contribution is 2.38. The summed E-state index contributed by atoms with van der Waals surface area (Å²) in [6, 6.07) is 1.85. The van der Waals surface area contributed by atoms with Gasteiger partial charge in [0.1, 0.15) is 11.4 Å². The standard InChI is InChI=1S/C19H18F7N3O2/c1-9-4-14(16(30)28-8-10-7-18(22,23)2-3-27-10)29-15-12(9)5-11(31-17(20)21)6-13(15)19(24,25)26/h4-6,10,17,27H,2-3,7-8H2,1H3,(H,28,30). The number of nitrogens with one attached hydrogen (secondary N) is 2. The summed E-state index contributed by atoms with van der Waals surface area (Å²) in [4.78, 5) is 16.2. The van der Waals surface area contributed by atoms with Gasteiger partial charge in [-0.1, -0.05) is 0 Å². The highest BCUT2D eigenvalue weighted by molar-refractivity contribution is 5.97. The normalized spacial score (nSPS) is 18.9. The minimum atomic E-state index is -4.95. The van der Waals surface area contributed by atoms with Crippen molar-refractivity contribution in [1.29, 1.82) is 0 Å². The molecule has 1 saturated heterocycles. The number of aryl methyl sites for hydroxylation is 1. The maximum absolute atomic E-state index is 13.5. The Hall–Kier alpha value is -2.63. The predicted molar refractivity (Wildman–Crippen MR) is 96.4 cm³/mol. The molecule has 0 saturated carbocycles. The summed E-state index contributed by atoms with van der Waals surface area (Å²) in [5.41, 5.74) is -2.14. The first-order valence-corrected chi connectivity index (χ1v) is 9.22. The Morgan fingerprint density at radius 1 is 1.32 bits per heavy atom. The fourth-order valence-electron chi connectivity index (χ4n) is 3.41. The van der Waals surface area contributed by atoms with Crippen LogP contribution in [0.1, 0.15) is 34.5 Å². The van der Waals surface area contributed by atoms with Crippen LogP contribution in [0.25, 0.3) is 10.9 Å². The molecule has 2 N–H and O–H groups in total. The molecule has 1 fully saturated rings. The van der Waals surface area contributed by atoms with Gasteiger partial charge in [0.15, 0.2) is 0 Å². The van der Waals surface area contributed by atoms with Gasteiger partial charge in [-0.15, -0.1) is 0 Å². The van der Waals surface area contributed by atoms with Gasteiger partial charge in [0, 0.05) is 37.4 Å². The van der Waals surface area contributed by atoms with Crippen molar-refractivity contribution in [2.75, 3.05) is 13.1 Å². The number of benzene rings is 1. The Labute approximate surface area is 172 Å². The van der Waals surface area contributed by atoms with E-state index in [2.05, 4.69) is 20.4 Å². The number of ether oxygens (including phenoxy) is 1. The van der Waals surface area contributed by atoms with Crippen molar-refractivity contribution in [3.8, 4) is 5.75 Å². The summed E-state index contributed by atoms with van der Waals surface area (Å²) in [5, 5.41) is 5.11. The number of hydrogen-bond acceptors (Lipinski definition) is 4. The third-order valence-electron chi connectivity index (χ3n) is 4.83. The van der Waals surface area contributed by atoms with Crippen molar-refractivity contribution in [2.24, 2.45) is 0 Å². The van der Waals surface area contributed by atoms with E-state index < -0.39 is 53.9 Å². The zero-order valence-electron chi connectivity index (χ0n) is 16.1. The molecular formula is C19H18F7N3O2. The first-order valence-electron chi connectivity index (χ1n) is 9.22. The number of aromatic nitrogens is 1. The molecule has 170 valence electrons. The van der Waals surface area contributed by atoms with Gasteiger partial charge in [0.05, 0.1) is 11.1 Å². The second kappa shape index (κ2) is 8.48. The average molecular weight is 453 g/mol. The lowest BCUT2D eigenvalue weighted by Gasteiger charge is -2.30. The van der Waals surface area contributed by atoms with Crippen LogP contribution >= 0.6 is 0 Å². The van der Waals surface area contributed by atoms with Crippen LogP contribution in [0, 0.1) is 6.92 Å². The average Bonchev–Trinajstić information content (AvgIpc) is 2.64. The number of carbonyl (C=O) groups is 1. The van der Waals surface area contributed by atoms with Gasteiger partial charge in [-0.05, 0) is 30.7 Å². The van der Waals surface area contributed by atoms with Crippen LogP contribution in [0.15, 0.2) is 18.2 Å². The Morgan fingerprint density at radius 3 is 2.65 bits per heavy atom.